The quantitative estimate of drug-likeness (QED) is 0.556. The van der Waals surface area contributed by atoms with Crippen molar-refractivity contribution in [1.82, 2.24) is 5.32 Å². The molecule has 0 aromatic heterocycles. The molecule has 0 spiro atoms. The lowest BCUT2D eigenvalue weighted by atomic mass is 10.1. The summed E-state index contributed by atoms with van der Waals surface area (Å²) in [6, 6.07) is -0.665. The minimum atomic E-state index is -0.665. The summed E-state index contributed by atoms with van der Waals surface area (Å²) in [5.41, 5.74) is 4.88. The number of alkyl carbamates (subject to hydrolysis) is 1. The average molecular weight is 314 g/mol. The van der Waals surface area contributed by atoms with Gasteiger partial charge in [0.15, 0.2) is 0 Å². The van der Waals surface area contributed by atoms with Gasteiger partial charge in [0.2, 0.25) is 0 Å². The maximum atomic E-state index is 12.3. The van der Waals surface area contributed by atoms with Gasteiger partial charge in [-0.15, -0.1) is 0 Å². The standard InChI is InChI=1S/C16H30N2O4/c1-16(2,3)22-15(20)18-13(10-6-7-11-17)14(19)21-12-8-4-5-9-12/h12-13H,4-11,17H2,1-3H3,(H,18,20)/t13-/m0/s1. The Kier molecular flexibility index (Phi) is 7.65. The fraction of sp³-hybridized carbons (Fsp3) is 0.875. The maximum Gasteiger partial charge on any atom is 0.408 e. The minimum Gasteiger partial charge on any atom is -0.461 e. The van der Waals surface area contributed by atoms with Crippen LogP contribution in [0.5, 0.6) is 0 Å². The van der Waals surface area contributed by atoms with Crippen molar-refractivity contribution in [2.45, 2.75) is 83.5 Å². The zero-order valence-corrected chi connectivity index (χ0v) is 14.0. The predicted octanol–water partition coefficient (Wildman–Crippen LogP) is 2.49. The topological polar surface area (TPSA) is 90.6 Å². The molecule has 6 nitrogen and oxygen atoms in total. The number of ether oxygens (including phenoxy) is 2. The van der Waals surface area contributed by atoms with E-state index in [0.29, 0.717) is 13.0 Å². The lowest BCUT2D eigenvalue weighted by molar-refractivity contribution is -0.151. The first kappa shape index (κ1) is 18.7. The molecule has 1 amide bonds. The van der Waals surface area contributed by atoms with Crippen LogP contribution in [0.4, 0.5) is 4.79 Å². The van der Waals surface area contributed by atoms with Crippen LogP contribution in [0.1, 0.15) is 65.7 Å². The minimum absolute atomic E-state index is 0.00931. The van der Waals surface area contributed by atoms with Crippen LogP contribution in [0.3, 0.4) is 0 Å². The highest BCUT2D eigenvalue weighted by atomic mass is 16.6. The number of nitrogens with two attached hydrogens (primary N) is 1. The summed E-state index contributed by atoms with van der Waals surface area (Å²) in [5.74, 6) is -0.366. The van der Waals surface area contributed by atoms with E-state index < -0.39 is 17.7 Å². The molecule has 1 rings (SSSR count). The highest BCUT2D eigenvalue weighted by Gasteiger charge is 2.28. The summed E-state index contributed by atoms with van der Waals surface area (Å²) in [6.45, 7) is 5.92. The molecule has 0 bridgehead atoms. The van der Waals surface area contributed by atoms with Gasteiger partial charge >= 0.3 is 12.1 Å². The Balaban J connectivity index is 2.53. The van der Waals surface area contributed by atoms with Crippen molar-refractivity contribution >= 4 is 12.1 Å². The Morgan fingerprint density at radius 3 is 2.41 bits per heavy atom. The van der Waals surface area contributed by atoms with Crippen LogP contribution in [-0.4, -0.2) is 36.4 Å². The van der Waals surface area contributed by atoms with E-state index in [9.17, 15) is 9.59 Å². The molecular formula is C16H30N2O4. The van der Waals surface area contributed by atoms with Gasteiger partial charge in [-0.05, 0) is 72.3 Å². The SMILES string of the molecule is CC(C)(C)OC(=O)N[C@@H](CCCCN)C(=O)OC1CCCC1. The van der Waals surface area contributed by atoms with E-state index >= 15 is 0 Å². The van der Waals surface area contributed by atoms with Gasteiger partial charge in [0.1, 0.15) is 17.7 Å². The molecule has 0 unspecified atom stereocenters. The summed E-state index contributed by atoms with van der Waals surface area (Å²) >= 11 is 0. The summed E-state index contributed by atoms with van der Waals surface area (Å²) in [6.07, 6.45) is 5.49. The zero-order valence-electron chi connectivity index (χ0n) is 14.0. The zero-order chi connectivity index (χ0) is 16.6. The monoisotopic (exact) mass is 314 g/mol. The smallest absolute Gasteiger partial charge is 0.408 e. The van der Waals surface area contributed by atoms with Crippen molar-refractivity contribution in [1.29, 1.82) is 0 Å². The number of esters is 1. The molecule has 0 aliphatic heterocycles. The van der Waals surface area contributed by atoms with Gasteiger partial charge in [-0.2, -0.15) is 0 Å². The first-order chi connectivity index (χ1) is 10.3. The molecule has 22 heavy (non-hydrogen) atoms. The van der Waals surface area contributed by atoms with E-state index in [1.54, 1.807) is 20.8 Å². The number of rotatable bonds is 7. The molecule has 128 valence electrons. The van der Waals surface area contributed by atoms with Gasteiger partial charge in [0.05, 0.1) is 0 Å². The van der Waals surface area contributed by atoms with Crippen LogP contribution < -0.4 is 11.1 Å². The number of carbonyl (C=O) groups excluding carboxylic acids is 2. The molecule has 1 atom stereocenters. The third-order valence-electron chi connectivity index (χ3n) is 3.51. The fourth-order valence-corrected chi connectivity index (χ4v) is 2.44. The number of hydrogen-bond acceptors (Lipinski definition) is 5. The van der Waals surface area contributed by atoms with Gasteiger partial charge < -0.3 is 20.5 Å². The Morgan fingerprint density at radius 1 is 1.23 bits per heavy atom. The van der Waals surface area contributed by atoms with Crippen LogP contribution >= 0.6 is 0 Å². The van der Waals surface area contributed by atoms with Crippen molar-refractivity contribution in [3.05, 3.63) is 0 Å². The molecule has 0 aromatic rings. The summed E-state index contributed by atoms with van der Waals surface area (Å²) in [5, 5.41) is 2.63. The first-order valence-electron chi connectivity index (χ1n) is 8.22. The second-order valence-corrected chi connectivity index (χ2v) is 6.83. The van der Waals surface area contributed by atoms with Crippen LogP contribution in [0.25, 0.3) is 0 Å². The maximum absolute atomic E-state index is 12.3. The molecule has 0 heterocycles. The van der Waals surface area contributed by atoms with Crippen LogP contribution in [0, 0.1) is 0 Å². The molecular weight excluding hydrogens is 284 g/mol. The Labute approximate surface area is 133 Å². The van der Waals surface area contributed by atoms with E-state index in [0.717, 1.165) is 38.5 Å². The molecule has 1 aliphatic rings. The fourth-order valence-electron chi connectivity index (χ4n) is 2.44. The molecule has 1 aliphatic carbocycles. The third-order valence-corrected chi connectivity index (χ3v) is 3.51. The van der Waals surface area contributed by atoms with Crippen LogP contribution in [-0.2, 0) is 14.3 Å². The summed E-state index contributed by atoms with van der Waals surface area (Å²) in [7, 11) is 0. The van der Waals surface area contributed by atoms with E-state index in [1.807, 2.05) is 0 Å². The van der Waals surface area contributed by atoms with Gasteiger partial charge in [0, 0.05) is 0 Å². The second kappa shape index (κ2) is 8.98. The number of carbonyl (C=O) groups is 2. The molecule has 3 N–H and O–H groups in total. The lowest BCUT2D eigenvalue weighted by Crippen LogP contribution is -2.45. The molecule has 6 heteroatoms. The first-order valence-corrected chi connectivity index (χ1v) is 8.22. The van der Waals surface area contributed by atoms with Crippen molar-refractivity contribution in [2.75, 3.05) is 6.54 Å². The van der Waals surface area contributed by atoms with E-state index in [4.69, 9.17) is 15.2 Å². The largest absolute Gasteiger partial charge is 0.461 e. The normalized spacial score (nSPS) is 17.1. The van der Waals surface area contributed by atoms with Gasteiger partial charge in [-0.25, -0.2) is 9.59 Å². The van der Waals surface area contributed by atoms with Crippen LogP contribution in [0.15, 0.2) is 0 Å². The highest BCUT2D eigenvalue weighted by Crippen LogP contribution is 2.22. The summed E-state index contributed by atoms with van der Waals surface area (Å²) in [4.78, 5) is 24.1. The van der Waals surface area contributed by atoms with E-state index in [1.165, 1.54) is 0 Å². The molecule has 0 aromatic carbocycles. The van der Waals surface area contributed by atoms with Gasteiger partial charge in [-0.1, -0.05) is 0 Å². The Morgan fingerprint density at radius 2 is 1.86 bits per heavy atom. The molecule has 0 saturated heterocycles. The van der Waals surface area contributed by atoms with Crippen molar-refractivity contribution in [3.63, 3.8) is 0 Å². The summed E-state index contributed by atoms with van der Waals surface area (Å²) < 4.78 is 10.7. The van der Waals surface area contributed by atoms with Crippen molar-refractivity contribution in [2.24, 2.45) is 5.73 Å². The lowest BCUT2D eigenvalue weighted by Gasteiger charge is -2.24. The molecule has 0 radical (unpaired) electrons. The van der Waals surface area contributed by atoms with E-state index in [2.05, 4.69) is 5.32 Å². The molecule has 1 saturated carbocycles. The van der Waals surface area contributed by atoms with Gasteiger partial charge in [-0.3, -0.25) is 0 Å². The van der Waals surface area contributed by atoms with Crippen LogP contribution in [0.2, 0.25) is 0 Å². The number of amides is 1. The predicted molar refractivity (Wildman–Crippen MR) is 84.4 cm³/mol. The Bertz CT molecular complexity index is 360. The van der Waals surface area contributed by atoms with E-state index in [-0.39, 0.29) is 12.1 Å². The van der Waals surface area contributed by atoms with Crippen molar-refractivity contribution < 1.29 is 19.1 Å². The Hall–Kier alpha value is -1.30. The average Bonchev–Trinajstić information content (AvgIpc) is 2.88. The number of hydrogen-bond donors (Lipinski definition) is 2. The molecule has 1 fully saturated rings. The van der Waals surface area contributed by atoms with Crippen molar-refractivity contribution in [3.8, 4) is 0 Å². The third kappa shape index (κ3) is 7.64. The number of nitrogens with one attached hydrogen (secondary N) is 1. The highest BCUT2D eigenvalue weighted by molar-refractivity contribution is 5.81. The number of unbranched alkanes of at least 4 members (excludes halogenated alkanes) is 1. The van der Waals surface area contributed by atoms with Gasteiger partial charge in [0.25, 0.3) is 0 Å². The second-order valence-electron chi connectivity index (χ2n) is 6.83.